The highest BCUT2D eigenvalue weighted by Gasteiger charge is 2.52. The van der Waals surface area contributed by atoms with Gasteiger partial charge < -0.3 is 15.4 Å². The molecule has 0 unspecified atom stereocenters. The second kappa shape index (κ2) is 5.67. The molecule has 2 N–H and O–H groups in total. The SMILES string of the molecule is C[C@H](NC(=O)C1(NC(=O)OC(C)(C)C)CC1)c1cccs1. The van der Waals surface area contributed by atoms with Gasteiger partial charge in [0, 0.05) is 4.88 Å². The van der Waals surface area contributed by atoms with Gasteiger partial charge in [-0.3, -0.25) is 4.79 Å². The van der Waals surface area contributed by atoms with Crippen molar-refractivity contribution in [3.8, 4) is 0 Å². The van der Waals surface area contributed by atoms with Crippen LogP contribution in [0, 0.1) is 0 Å². The van der Waals surface area contributed by atoms with Crippen molar-refractivity contribution < 1.29 is 14.3 Å². The molecule has 21 heavy (non-hydrogen) atoms. The maximum Gasteiger partial charge on any atom is 0.408 e. The first kappa shape index (κ1) is 15.8. The average Bonchev–Trinajstić information content (AvgIpc) is 2.90. The summed E-state index contributed by atoms with van der Waals surface area (Å²) in [6.45, 7) is 7.33. The van der Waals surface area contributed by atoms with Gasteiger partial charge in [-0.15, -0.1) is 11.3 Å². The lowest BCUT2D eigenvalue weighted by atomic mass is 10.2. The van der Waals surface area contributed by atoms with Crippen LogP contribution in [0.3, 0.4) is 0 Å². The number of thiophene rings is 1. The zero-order valence-corrected chi connectivity index (χ0v) is 13.7. The summed E-state index contributed by atoms with van der Waals surface area (Å²) in [4.78, 5) is 25.3. The molecular formula is C15H22N2O3S. The summed E-state index contributed by atoms with van der Waals surface area (Å²) >= 11 is 1.60. The third kappa shape index (κ3) is 4.20. The number of rotatable bonds is 4. The van der Waals surface area contributed by atoms with Crippen molar-refractivity contribution in [1.29, 1.82) is 0 Å². The molecule has 1 heterocycles. The Hall–Kier alpha value is -1.56. The van der Waals surface area contributed by atoms with Crippen LogP contribution >= 0.6 is 11.3 Å². The van der Waals surface area contributed by atoms with Gasteiger partial charge in [0.1, 0.15) is 11.1 Å². The van der Waals surface area contributed by atoms with E-state index in [1.165, 1.54) is 0 Å². The van der Waals surface area contributed by atoms with Crippen LogP contribution in [-0.4, -0.2) is 23.1 Å². The molecule has 2 rings (SSSR count). The minimum Gasteiger partial charge on any atom is -0.444 e. The van der Waals surface area contributed by atoms with Crippen LogP contribution in [0.15, 0.2) is 17.5 Å². The number of hydrogen-bond donors (Lipinski definition) is 2. The van der Waals surface area contributed by atoms with Crippen molar-refractivity contribution in [1.82, 2.24) is 10.6 Å². The number of ether oxygens (including phenoxy) is 1. The lowest BCUT2D eigenvalue weighted by Gasteiger charge is -2.24. The highest BCUT2D eigenvalue weighted by Crippen LogP contribution is 2.36. The highest BCUT2D eigenvalue weighted by atomic mass is 32.1. The van der Waals surface area contributed by atoms with E-state index in [9.17, 15) is 9.59 Å². The predicted octanol–water partition coefficient (Wildman–Crippen LogP) is 2.98. The molecule has 1 saturated carbocycles. The summed E-state index contributed by atoms with van der Waals surface area (Å²) in [5.41, 5.74) is -1.37. The standard InChI is InChI=1S/C15H22N2O3S/c1-10(11-6-5-9-21-11)16-12(18)15(7-8-15)17-13(19)20-14(2,3)4/h5-6,9-10H,7-8H2,1-4H3,(H,16,18)(H,17,19)/t10-/m0/s1. The molecule has 1 aromatic rings. The topological polar surface area (TPSA) is 67.4 Å². The van der Waals surface area contributed by atoms with Crippen LogP contribution in [0.1, 0.15) is 51.5 Å². The average molecular weight is 310 g/mol. The third-order valence-corrected chi connectivity index (χ3v) is 4.30. The Morgan fingerprint density at radius 3 is 2.52 bits per heavy atom. The van der Waals surface area contributed by atoms with Crippen LogP contribution in [-0.2, 0) is 9.53 Å². The summed E-state index contributed by atoms with van der Waals surface area (Å²) in [5, 5.41) is 7.64. The second-order valence-corrected chi connectivity index (χ2v) is 7.40. The number of carbonyl (C=O) groups excluding carboxylic acids is 2. The van der Waals surface area contributed by atoms with Crippen molar-refractivity contribution in [2.75, 3.05) is 0 Å². The van der Waals surface area contributed by atoms with E-state index in [1.54, 1.807) is 32.1 Å². The Labute approximate surface area is 129 Å². The van der Waals surface area contributed by atoms with Gasteiger partial charge in [-0.05, 0) is 52.0 Å². The van der Waals surface area contributed by atoms with Crippen LogP contribution in [0.2, 0.25) is 0 Å². The zero-order valence-electron chi connectivity index (χ0n) is 12.9. The lowest BCUT2D eigenvalue weighted by molar-refractivity contribution is -0.124. The van der Waals surface area contributed by atoms with Crippen molar-refractivity contribution >= 4 is 23.3 Å². The molecule has 116 valence electrons. The highest BCUT2D eigenvalue weighted by molar-refractivity contribution is 7.10. The summed E-state index contributed by atoms with van der Waals surface area (Å²) < 4.78 is 5.21. The molecule has 0 aromatic carbocycles. The van der Waals surface area contributed by atoms with E-state index in [-0.39, 0.29) is 11.9 Å². The molecule has 1 atom stereocenters. The van der Waals surface area contributed by atoms with E-state index < -0.39 is 17.2 Å². The molecule has 5 nitrogen and oxygen atoms in total. The zero-order chi connectivity index (χ0) is 15.7. The molecule has 6 heteroatoms. The van der Waals surface area contributed by atoms with Crippen molar-refractivity contribution in [3.05, 3.63) is 22.4 Å². The molecular weight excluding hydrogens is 288 g/mol. The Balaban J connectivity index is 1.91. The first-order chi connectivity index (χ1) is 9.72. The summed E-state index contributed by atoms with van der Waals surface area (Å²) in [7, 11) is 0. The van der Waals surface area contributed by atoms with Crippen LogP contribution in [0.4, 0.5) is 4.79 Å². The van der Waals surface area contributed by atoms with Crippen LogP contribution in [0.5, 0.6) is 0 Å². The minimum atomic E-state index is -0.798. The fourth-order valence-corrected chi connectivity index (χ4v) is 2.71. The van der Waals surface area contributed by atoms with Crippen LogP contribution < -0.4 is 10.6 Å². The van der Waals surface area contributed by atoms with Gasteiger partial charge in [-0.2, -0.15) is 0 Å². The molecule has 1 aromatic heterocycles. The molecule has 1 aliphatic rings. The van der Waals surface area contributed by atoms with Gasteiger partial charge in [-0.25, -0.2) is 4.79 Å². The van der Waals surface area contributed by atoms with Crippen molar-refractivity contribution in [2.24, 2.45) is 0 Å². The van der Waals surface area contributed by atoms with Crippen LogP contribution in [0.25, 0.3) is 0 Å². The minimum absolute atomic E-state index is 0.0598. The molecule has 0 spiro atoms. The van der Waals surface area contributed by atoms with Gasteiger partial charge in [-0.1, -0.05) is 6.07 Å². The Bertz CT molecular complexity index is 516. The number of nitrogens with one attached hydrogen (secondary N) is 2. The van der Waals surface area contributed by atoms with Gasteiger partial charge >= 0.3 is 6.09 Å². The van der Waals surface area contributed by atoms with Crippen molar-refractivity contribution in [2.45, 2.75) is 57.7 Å². The lowest BCUT2D eigenvalue weighted by Crippen LogP contribution is -2.50. The number of hydrogen-bond acceptors (Lipinski definition) is 4. The second-order valence-electron chi connectivity index (χ2n) is 6.42. The Kier molecular flexibility index (Phi) is 4.27. The fraction of sp³-hybridized carbons (Fsp3) is 0.600. The Morgan fingerprint density at radius 1 is 1.38 bits per heavy atom. The van der Waals surface area contributed by atoms with Gasteiger partial charge in [0.05, 0.1) is 6.04 Å². The summed E-state index contributed by atoms with van der Waals surface area (Å²) in [6, 6.07) is 3.88. The molecule has 0 bridgehead atoms. The quantitative estimate of drug-likeness (QED) is 0.898. The maximum absolute atomic E-state index is 12.4. The molecule has 1 fully saturated rings. The van der Waals surface area contributed by atoms with E-state index in [4.69, 9.17) is 4.74 Å². The maximum atomic E-state index is 12.4. The molecule has 0 saturated heterocycles. The molecule has 0 radical (unpaired) electrons. The predicted molar refractivity (Wildman–Crippen MR) is 82.2 cm³/mol. The number of alkyl carbamates (subject to hydrolysis) is 1. The number of amides is 2. The normalized spacial score (nSPS) is 17.7. The van der Waals surface area contributed by atoms with Gasteiger partial charge in [0.15, 0.2) is 0 Å². The fourth-order valence-electron chi connectivity index (χ4n) is 1.98. The van der Waals surface area contributed by atoms with E-state index in [2.05, 4.69) is 10.6 Å². The largest absolute Gasteiger partial charge is 0.444 e. The monoisotopic (exact) mass is 310 g/mol. The van der Waals surface area contributed by atoms with E-state index in [0.29, 0.717) is 12.8 Å². The van der Waals surface area contributed by atoms with E-state index in [0.717, 1.165) is 4.88 Å². The first-order valence-corrected chi connectivity index (χ1v) is 7.95. The van der Waals surface area contributed by atoms with E-state index in [1.807, 2.05) is 24.4 Å². The Morgan fingerprint density at radius 2 is 2.05 bits per heavy atom. The summed E-state index contributed by atoms with van der Waals surface area (Å²) in [5.74, 6) is -0.144. The van der Waals surface area contributed by atoms with Gasteiger partial charge in [0.25, 0.3) is 0 Å². The summed E-state index contributed by atoms with van der Waals surface area (Å²) in [6.07, 6.45) is 0.753. The third-order valence-electron chi connectivity index (χ3n) is 3.24. The first-order valence-electron chi connectivity index (χ1n) is 7.07. The molecule has 1 aliphatic carbocycles. The van der Waals surface area contributed by atoms with Gasteiger partial charge in [0.2, 0.25) is 5.91 Å². The van der Waals surface area contributed by atoms with Crippen molar-refractivity contribution in [3.63, 3.8) is 0 Å². The molecule has 0 aliphatic heterocycles. The van der Waals surface area contributed by atoms with E-state index >= 15 is 0 Å². The molecule has 2 amide bonds. The number of carbonyl (C=O) groups is 2. The smallest absolute Gasteiger partial charge is 0.408 e.